The van der Waals surface area contributed by atoms with Gasteiger partial charge >= 0.3 is 0 Å². The molecule has 0 aromatic carbocycles. The van der Waals surface area contributed by atoms with Crippen molar-refractivity contribution in [1.29, 1.82) is 0 Å². The first-order chi connectivity index (χ1) is 22.9. The number of pyridine rings is 2. The van der Waals surface area contributed by atoms with Gasteiger partial charge in [0.15, 0.2) is 0 Å². The van der Waals surface area contributed by atoms with Gasteiger partial charge in [0.25, 0.3) is 0 Å². The maximum absolute atomic E-state index is 4.71. The molecule has 6 aromatic rings. The van der Waals surface area contributed by atoms with Gasteiger partial charge in [0.1, 0.15) is 15.8 Å². The van der Waals surface area contributed by atoms with Crippen LogP contribution in [0.3, 0.4) is 0 Å². The second kappa shape index (κ2) is 21.7. The highest BCUT2D eigenvalue weighted by Crippen LogP contribution is 2.17. The van der Waals surface area contributed by atoms with E-state index in [4.69, 9.17) is 4.52 Å². The third kappa shape index (κ3) is 17.7. The van der Waals surface area contributed by atoms with Crippen molar-refractivity contribution in [3.63, 3.8) is 0 Å². The van der Waals surface area contributed by atoms with Crippen LogP contribution >= 0.6 is 22.7 Å². The predicted molar refractivity (Wildman–Crippen MR) is 205 cm³/mol. The van der Waals surface area contributed by atoms with Gasteiger partial charge in [-0.05, 0) is 145 Å². The van der Waals surface area contributed by atoms with Crippen molar-refractivity contribution in [1.82, 2.24) is 40.3 Å². The van der Waals surface area contributed by atoms with E-state index >= 15 is 0 Å². The minimum atomic E-state index is 0.873. The first-order valence-electron chi connectivity index (χ1n) is 16.0. The second-order valence-electron chi connectivity index (χ2n) is 11.7. The van der Waals surface area contributed by atoms with Crippen molar-refractivity contribution in [3.05, 3.63) is 125 Å². The van der Waals surface area contributed by atoms with E-state index in [0.29, 0.717) is 0 Å². The highest BCUT2D eigenvalue weighted by molar-refractivity contribution is 7.11. The van der Waals surface area contributed by atoms with Gasteiger partial charge in [0, 0.05) is 46.6 Å². The molecule has 0 fully saturated rings. The number of aromatic nitrogens is 8. The van der Waals surface area contributed by atoms with E-state index in [1.165, 1.54) is 37.8 Å². The molecule has 0 saturated heterocycles. The summed E-state index contributed by atoms with van der Waals surface area (Å²) in [6.07, 6.45) is 5.34. The van der Waals surface area contributed by atoms with Crippen molar-refractivity contribution in [3.8, 4) is 0 Å². The van der Waals surface area contributed by atoms with Crippen LogP contribution in [0.5, 0.6) is 0 Å². The Labute approximate surface area is 301 Å². The van der Waals surface area contributed by atoms with Crippen LogP contribution < -0.4 is 0 Å². The summed E-state index contributed by atoms with van der Waals surface area (Å²) in [5, 5.41) is 14.5. The SMILES string of the molecule is Cc1cc(C)on1.Cc1ccnc(C)c1.Cc1cnc(C)cn1.Cc1nc(C)c(C)c(C)c1C.Cc1nc(C)c(C)s1.Cc1nnc(C)s1. The molecule has 0 unspecified atom stereocenters. The van der Waals surface area contributed by atoms with E-state index in [2.05, 4.69) is 94.8 Å². The molecular formula is C38H54N8OS2. The Hall–Kier alpha value is -4.22. The molecular weight excluding hydrogens is 649 g/mol. The molecule has 0 aliphatic rings. The van der Waals surface area contributed by atoms with Gasteiger partial charge in [0.2, 0.25) is 0 Å². The maximum Gasteiger partial charge on any atom is 0.133 e. The first-order valence-corrected chi connectivity index (χ1v) is 17.7. The second-order valence-corrected chi connectivity index (χ2v) is 14.5. The van der Waals surface area contributed by atoms with Crippen LogP contribution in [-0.2, 0) is 0 Å². The number of hydrogen-bond acceptors (Lipinski definition) is 11. The van der Waals surface area contributed by atoms with E-state index in [9.17, 15) is 0 Å². The summed E-state index contributed by atoms with van der Waals surface area (Å²) in [6, 6.07) is 5.94. The first kappa shape index (κ1) is 42.8. The quantitative estimate of drug-likeness (QED) is 0.152. The summed E-state index contributed by atoms with van der Waals surface area (Å²) in [6.45, 7) is 32.3. The zero-order chi connectivity index (χ0) is 37.3. The Kier molecular flexibility index (Phi) is 18.9. The van der Waals surface area contributed by atoms with Gasteiger partial charge in [-0.25, -0.2) is 4.98 Å². The molecule has 0 bridgehead atoms. The number of hydrogen-bond donors (Lipinski definition) is 0. The Morgan fingerprint density at radius 1 is 0.490 bits per heavy atom. The van der Waals surface area contributed by atoms with Crippen LogP contribution in [0.15, 0.2) is 41.3 Å². The van der Waals surface area contributed by atoms with Crippen molar-refractivity contribution in [2.45, 2.75) is 111 Å². The van der Waals surface area contributed by atoms with Gasteiger partial charge in [-0.2, -0.15) is 0 Å². The van der Waals surface area contributed by atoms with Crippen LogP contribution in [0.4, 0.5) is 0 Å². The molecule has 0 saturated carbocycles. The number of rotatable bonds is 0. The van der Waals surface area contributed by atoms with E-state index in [-0.39, 0.29) is 0 Å². The molecule has 0 atom stereocenters. The van der Waals surface area contributed by atoms with Crippen molar-refractivity contribution in [2.75, 3.05) is 0 Å². The standard InChI is InChI=1S/C10H15N.C7H9N.C6H8N2.C6H9NS.C5H7NO.C4H6N2S/c1-6-7(2)9(4)11-10(5)8(6)3;1-6-3-4-8-7(2)5-6;1-5-3-8-6(2)4-7-5;1-4-5(2)8-6(3)7-4;1-4-3-5(2)7-6-4;1-3-5-6-4(2)7-3/h1-5H3;3-5H,1-2H3;3-4H,1-2H3;1-3H3;3H,1-2H3;1-2H3. The third-order valence-corrected chi connectivity index (χ3v) is 8.76. The molecule has 0 N–H and O–H groups in total. The van der Waals surface area contributed by atoms with Gasteiger partial charge < -0.3 is 4.52 Å². The summed E-state index contributed by atoms with van der Waals surface area (Å²) >= 11 is 3.38. The Morgan fingerprint density at radius 2 is 1.02 bits per heavy atom. The summed E-state index contributed by atoms with van der Waals surface area (Å²) in [5.74, 6) is 0.873. The lowest BCUT2D eigenvalue weighted by atomic mass is 10.0. The monoisotopic (exact) mass is 702 g/mol. The van der Waals surface area contributed by atoms with E-state index in [1.54, 1.807) is 35.1 Å². The molecule has 0 aliphatic heterocycles. The molecule has 0 aliphatic carbocycles. The third-order valence-electron chi connectivity index (χ3n) is 7.02. The number of thiazole rings is 1. The van der Waals surface area contributed by atoms with Crippen molar-refractivity contribution >= 4 is 22.7 Å². The van der Waals surface area contributed by atoms with Gasteiger partial charge in [-0.3, -0.25) is 19.9 Å². The largest absolute Gasteiger partial charge is 0.361 e. The lowest BCUT2D eigenvalue weighted by Crippen LogP contribution is -1.98. The van der Waals surface area contributed by atoms with Crippen LogP contribution in [0.25, 0.3) is 0 Å². The lowest BCUT2D eigenvalue weighted by molar-refractivity contribution is 0.393. The fraction of sp³-hybridized carbons (Fsp3) is 0.421. The van der Waals surface area contributed by atoms with E-state index in [0.717, 1.165) is 49.9 Å². The Balaban J connectivity index is 0.000000296. The molecule has 6 aromatic heterocycles. The molecule has 0 amide bonds. The summed E-state index contributed by atoms with van der Waals surface area (Å²) in [5.41, 5.74) is 12.8. The average Bonchev–Trinajstić information content (AvgIpc) is 3.70. The molecule has 6 rings (SSSR count). The molecule has 0 radical (unpaired) electrons. The predicted octanol–water partition coefficient (Wildman–Crippen LogP) is 9.93. The van der Waals surface area contributed by atoms with Crippen molar-refractivity contribution < 1.29 is 4.52 Å². The maximum atomic E-state index is 4.71. The van der Waals surface area contributed by atoms with Crippen LogP contribution in [-0.4, -0.2) is 40.3 Å². The van der Waals surface area contributed by atoms with Crippen LogP contribution in [0.1, 0.15) is 87.8 Å². The Bertz CT molecular complexity index is 1680. The summed E-state index contributed by atoms with van der Waals surface area (Å²) in [4.78, 5) is 22.1. The zero-order valence-corrected chi connectivity index (χ0v) is 33.9. The fourth-order valence-electron chi connectivity index (χ4n) is 3.91. The molecule has 49 heavy (non-hydrogen) atoms. The van der Waals surface area contributed by atoms with Crippen LogP contribution in [0, 0.1) is 111 Å². The zero-order valence-electron chi connectivity index (χ0n) is 32.3. The normalized spacial score (nSPS) is 9.63. The Morgan fingerprint density at radius 3 is 1.27 bits per heavy atom. The van der Waals surface area contributed by atoms with Gasteiger partial charge in [-0.1, -0.05) is 5.16 Å². The lowest BCUT2D eigenvalue weighted by Gasteiger charge is -2.09. The topological polar surface area (TPSA) is 116 Å². The molecule has 264 valence electrons. The average molecular weight is 703 g/mol. The summed E-state index contributed by atoms with van der Waals surface area (Å²) in [7, 11) is 0. The highest BCUT2D eigenvalue weighted by Gasteiger charge is 2.04. The van der Waals surface area contributed by atoms with E-state index in [1.807, 2.05) is 80.6 Å². The van der Waals surface area contributed by atoms with E-state index < -0.39 is 0 Å². The molecule has 0 spiro atoms. The minimum absolute atomic E-state index is 0.873. The smallest absolute Gasteiger partial charge is 0.133 e. The van der Waals surface area contributed by atoms with Gasteiger partial charge in [0.05, 0.1) is 27.8 Å². The highest BCUT2D eigenvalue weighted by atomic mass is 32.1. The number of aryl methyl sites for hydroxylation is 13. The molecule has 11 heteroatoms. The van der Waals surface area contributed by atoms with Gasteiger partial charge in [-0.15, -0.1) is 32.9 Å². The molecule has 9 nitrogen and oxygen atoms in total. The molecule has 6 heterocycles. The van der Waals surface area contributed by atoms with Crippen molar-refractivity contribution in [2.24, 2.45) is 0 Å². The fourth-order valence-corrected chi connectivity index (χ4v) is 5.32. The summed E-state index contributed by atoms with van der Waals surface area (Å²) < 4.78 is 4.71. The number of nitrogens with zero attached hydrogens (tertiary/aromatic N) is 8. The minimum Gasteiger partial charge on any atom is -0.361 e. The van der Waals surface area contributed by atoms with Crippen LogP contribution in [0.2, 0.25) is 0 Å².